The second-order valence-electron chi connectivity index (χ2n) is 7.98. The van der Waals surface area contributed by atoms with E-state index in [-0.39, 0.29) is 11.8 Å². The standard InChI is InChI=1S/C20H24N4O3.C2HF3O2/c1-15-8-17(22-27-15)13-23-11-16(12-24-6-2-4-18(24)14-23)9-20(25)21-10-19-5-3-7-26-19;3-2(4,5)1(6)7/h2-8,16H,9-14H2,1H3,(H,21,25);(H,6,7). The van der Waals surface area contributed by atoms with E-state index >= 15 is 0 Å². The molecule has 1 unspecified atom stereocenters. The molecule has 0 aromatic carbocycles. The third kappa shape index (κ3) is 7.51. The molecule has 4 heterocycles. The van der Waals surface area contributed by atoms with E-state index in [0.717, 1.165) is 36.8 Å². The number of alkyl halides is 3. The summed E-state index contributed by atoms with van der Waals surface area (Å²) in [6, 6.07) is 9.85. The fourth-order valence-electron chi connectivity index (χ4n) is 3.67. The highest BCUT2D eigenvalue weighted by Crippen LogP contribution is 2.21. The molecule has 1 amide bonds. The average Bonchev–Trinajstić information content (AvgIpc) is 3.49. The largest absolute Gasteiger partial charge is 0.490 e. The Morgan fingerprint density at radius 1 is 1.26 bits per heavy atom. The lowest BCUT2D eigenvalue weighted by molar-refractivity contribution is -0.192. The molecule has 184 valence electrons. The van der Waals surface area contributed by atoms with E-state index in [2.05, 4.69) is 38.3 Å². The smallest absolute Gasteiger partial charge is 0.475 e. The third-order valence-corrected chi connectivity index (χ3v) is 5.10. The molecule has 0 bridgehead atoms. The van der Waals surface area contributed by atoms with E-state index in [1.807, 2.05) is 25.1 Å². The van der Waals surface area contributed by atoms with Crippen LogP contribution in [0.4, 0.5) is 13.2 Å². The number of amides is 1. The molecule has 0 saturated heterocycles. The number of carboxylic acid groups (broad SMARTS) is 1. The van der Waals surface area contributed by atoms with E-state index < -0.39 is 12.1 Å². The number of fused-ring (bicyclic) bond motifs is 1. The lowest BCUT2D eigenvalue weighted by atomic mass is 10.0. The van der Waals surface area contributed by atoms with Crippen LogP contribution in [0.15, 0.2) is 51.7 Å². The van der Waals surface area contributed by atoms with Gasteiger partial charge in [-0.1, -0.05) is 5.16 Å². The summed E-state index contributed by atoms with van der Waals surface area (Å²) < 4.78 is 44.5. The molecule has 1 aliphatic rings. The number of aromatic nitrogens is 2. The second-order valence-corrected chi connectivity index (χ2v) is 7.98. The number of hydrogen-bond donors (Lipinski definition) is 2. The number of halogens is 3. The maximum Gasteiger partial charge on any atom is 0.490 e. The van der Waals surface area contributed by atoms with Gasteiger partial charge in [-0.25, -0.2) is 4.79 Å². The molecule has 1 aliphatic heterocycles. The number of nitrogens with zero attached hydrogens (tertiary/aromatic N) is 3. The predicted octanol–water partition coefficient (Wildman–Crippen LogP) is 3.35. The maximum absolute atomic E-state index is 12.4. The molecule has 0 radical (unpaired) electrons. The van der Waals surface area contributed by atoms with Crippen molar-refractivity contribution in [1.29, 1.82) is 0 Å². The topological polar surface area (TPSA) is 114 Å². The predicted molar refractivity (Wildman–Crippen MR) is 112 cm³/mol. The number of carbonyl (C=O) groups excluding carboxylic acids is 1. The summed E-state index contributed by atoms with van der Waals surface area (Å²) in [6.45, 7) is 5.55. The molecule has 4 rings (SSSR count). The van der Waals surface area contributed by atoms with Gasteiger partial charge in [0.15, 0.2) is 0 Å². The molecule has 34 heavy (non-hydrogen) atoms. The number of aryl methyl sites for hydroxylation is 1. The van der Waals surface area contributed by atoms with E-state index in [1.165, 1.54) is 5.69 Å². The molecule has 3 aromatic rings. The molecule has 3 aromatic heterocycles. The zero-order valence-corrected chi connectivity index (χ0v) is 18.4. The van der Waals surface area contributed by atoms with E-state index in [4.69, 9.17) is 18.8 Å². The molecule has 2 N–H and O–H groups in total. The number of furan rings is 1. The summed E-state index contributed by atoms with van der Waals surface area (Å²) in [5, 5.41) is 14.2. The summed E-state index contributed by atoms with van der Waals surface area (Å²) in [7, 11) is 0. The minimum Gasteiger partial charge on any atom is -0.475 e. The third-order valence-electron chi connectivity index (χ3n) is 5.10. The monoisotopic (exact) mass is 482 g/mol. The Morgan fingerprint density at radius 2 is 2.03 bits per heavy atom. The summed E-state index contributed by atoms with van der Waals surface area (Å²) in [5.74, 6) is -0.906. The lowest BCUT2D eigenvalue weighted by Crippen LogP contribution is -2.32. The molecule has 0 spiro atoms. The molecule has 0 saturated carbocycles. The van der Waals surface area contributed by atoms with Crippen molar-refractivity contribution < 1.29 is 36.8 Å². The van der Waals surface area contributed by atoms with E-state index in [0.29, 0.717) is 19.5 Å². The van der Waals surface area contributed by atoms with Crippen LogP contribution in [0, 0.1) is 12.8 Å². The van der Waals surface area contributed by atoms with Gasteiger partial charge >= 0.3 is 12.1 Å². The molecule has 1 atom stereocenters. The van der Waals surface area contributed by atoms with Gasteiger partial charge in [-0.05, 0) is 37.1 Å². The molecule has 9 nitrogen and oxygen atoms in total. The van der Waals surface area contributed by atoms with Gasteiger partial charge in [0.2, 0.25) is 5.91 Å². The minimum absolute atomic E-state index is 0.0456. The van der Waals surface area contributed by atoms with Crippen LogP contribution in [-0.4, -0.2) is 44.3 Å². The molecular formula is C22H25F3N4O5. The second kappa shape index (κ2) is 11.1. The van der Waals surface area contributed by atoms with Gasteiger partial charge in [-0.3, -0.25) is 9.69 Å². The fourth-order valence-corrected chi connectivity index (χ4v) is 3.67. The molecule has 0 fully saturated rings. The van der Waals surface area contributed by atoms with Crippen LogP contribution >= 0.6 is 0 Å². The average molecular weight is 482 g/mol. The number of rotatable bonds is 6. The summed E-state index contributed by atoms with van der Waals surface area (Å²) in [4.78, 5) is 23.7. The first kappa shape index (κ1) is 25.1. The van der Waals surface area contributed by atoms with Crippen molar-refractivity contribution >= 4 is 11.9 Å². The SMILES string of the molecule is Cc1cc(CN2Cc3cccn3CC(CC(=O)NCc3ccco3)C2)no1.O=C(O)C(F)(F)F. The highest BCUT2D eigenvalue weighted by Gasteiger charge is 2.38. The summed E-state index contributed by atoms with van der Waals surface area (Å²) >= 11 is 0. The Balaban J connectivity index is 0.000000406. The van der Waals surface area contributed by atoms with Crippen molar-refractivity contribution in [3.05, 3.63) is 65.7 Å². The first-order chi connectivity index (χ1) is 16.1. The van der Waals surface area contributed by atoms with Gasteiger partial charge in [0.1, 0.15) is 11.5 Å². The quantitative estimate of drug-likeness (QED) is 0.554. The van der Waals surface area contributed by atoms with Gasteiger partial charge in [-0.2, -0.15) is 13.2 Å². The van der Waals surface area contributed by atoms with Crippen molar-refractivity contribution in [2.75, 3.05) is 6.54 Å². The fraction of sp³-hybridized carbons (Fsp3) is 0.409. The van der Waals surface area contributed by atoms with Crippen LogP contribution in [0.1, 0.15) is 29.3 Å². The Morgan fingerprint density at radius 3 is 2.65 bits per heavy atom. The molecule has 12 heteroatoms. The highest BCUT2D eigenvalue weighted by molar-refractivity contribution is 5.76. The Labute approximate surface area is 193 Å². The van der Waals surface area contributed by atoms with Crippen LogP contribution in [0.2, 0.25) is 0 Å². The normalized spacial score (nSPS) is 16.2. The summed E-state index contributed by atoms with van der Waals surface area (Å²) in [6.07, 6.45) is -0.899. The molecule has 0 aliphatic carbocycles. The van der Waals surface area contributed by atoms with E-state index in [9.17, 15) is 18.0 Å². The number of carboxylic acids is 1. The van der Waals surface area contributed by atoms with Gasteiger partial charge in [-0.15, -0.1) is 0 Å². The highest BCUT2D eigenvalue weighted by atomic mass is 19.4. The van der Waals surface area contributed by atoms with Crippen molar-refractivity contribution in [3.63, 3.8) is 0 Å². The molecular weight excluding hydrogens is 457 g/mol. The number of aliphatic carboxylic acids is 1. The number of hydrogen-bond acceptors (Lipinski definition) is 6. The van der Waals surface area contributed by atoms with Crippen molar-refractivity contribution in [3.8, 4) is 0 Å². The minimum atomic E-state index is -5.08. The first-order valence-electron chi connectivity index (χ1n) is 10.5. The zero-order chi connectivity index (χ0) is 24.7. The van der Waals surface area contributed by atoms with Crippen LogP contribution in [-0.2, 0) is 35.8 Å². The van der Waals surface area contributed by atoms with Gasteiger partial charge in [0.05, 0.1) is 18.5 Å². The van der Waals surface area contributed by atoms with Crippen molar-refractivity contribution in [2.24, 2.45) is 5.92 Å². The van der Waals surface area contributed by atoms with E-state index in [1.54, 1.807) is 6.26 Å². The van der Waals surface area contributed by atoms with Gasteiger partial charge < -0.3 is 23.9 Å². The van der Waals surface area contributed by atoms with Crippen LogP contribution in [0.5, 0.6) is 0 Å². The van der Waals surface area contributed by atoms with Crippen LogP contribution in [0.25, 0.3) is 0 Å². The van der Waals surface area contributed by atoms with Crippen LogP contribution in [0.3, 0.4) is 0 Å². The Hall–Kier alpha value is -3.54. The van der Waals surface area contributed by atoms with Gasteiger partial charge in [0.25, 0.3) is 0 Å². The number of nitrogens with one attached hydrogen (secondary N) is 1. The van der Waals surface area contributed by atoms with Gasteiger partial charge in [0, 0.05) is 50.6 Å². The Kier molecular flexibility index (Phi) is 8.16. The Bertz CT molecular complexity index is 1070. The zero-order valence-electron chi connectivity index (χ0n) is 18.4. The lowest BCUT2D eigenvalue weighted by Gasteiger charge is -2.22. The van der Waals surface area contributed by atoms with Crippen molar-refractivity contribution in [1.82, 2.24) is 19.9 Å². The maximum atomic E-state index is 12.4. The number of carbonyl (C=O) groups is 2. The van der Waals surface area contributed by atoms with Crippen LogP contribution < -0.4 is 5.32 Å². The van der Waals surface area contributed by atoms with Crippen molar-refractivity contribution in [2.45, 2.75) is 45.7 Å². The first-order valence-corrected chi connectivity index (χ1v) is 10.5. The summed E-state index contributed by atoms with van der Waals surface area (Å²) in [5.41, 5.74) is 2.18.